The van der Waals surface area contributed by atoms with Crippen molar-refractivity contribution in [2.24, 2.45) is 0 Å². The Morgan fingerprint density at radius 1 is 0.348 bits per heavy atom. The van der Waals surface area contributed by atoms with Crippen molar-refractivity contribution in [1.82, 2.24) is 15.0 Å². The number of fused-ring (bicyclic) bond motifs is 1. The number of rotatable bonds is 10. The molecule has 0 bridgehead atoms. The van der Waals surface area contributed by atoms with Crippen LogP contribution in [-0.4, -0.2) is 15.0 Å². The Morgan fingerprint density at radius 3 is 1.18 bits per heavy atom. The summed E-state index contributed by atoms with van der Waals surface area (Å²) < 4.78 is 0. The second-order valence-electron chi connectivity index (χ2n) is 17.6. The molecule has 0 saturated carbocycles. The van der Waals surface area contributed by atoms with Crippen LogP contribution >= 0.6 is 0 Å². The fraction of sp³-hybridized carbons (Fsp3) is 0.113. The molecule has 0 saturated heterocycles. The van der Waals surface area contributed by atoms with Gasteiger partial charge < -0.3 is 0 Å². The SMILES string of the molecule is Cc1cc(C)c(C(c2c(C)cc(C)cc2C)c2ccc(N(c3cc(-c4ccccc4)cc(-c4ccccc4)c3)c3nc(-c4ccccc4)nc(-c4ccccc4)n3)c3ccccc23)c(C)c1. The zero-order valence-corrected chi connectivity index (χ0v) is 38.4. The van der Waals surface area contributed by atoms with E-state index >= 15 is 0 Å². The van der Waals surface area contributed by atoms with E-state index in [-0.39, 0.29) is 5.92 Å². The first-order chi connectivity index (χ1) is 32.2. The standard InChI is InChI=1S/C62H52N4/c1-40-33-42(3)57(43(4)34-40)59(58-44(5)35-41(2)36-45(58)6)55-31-32-56(54-30-20-19-29-53(54)55)66(52-38-50(46-21-11-7-12-22-46)37-51(39-52)47-23-13-8-14-24-47)62-64-60(48-25-15-9-16-26-48)63-61(65-62)49-27-17-10-18-28-49/h7-39,59H,1-6H3. The number of nitrogens with zero attached hydrogens (tertiary/aromatic N) is 4. The van der Waals surface area contributed by atoms with Gasteiger partial charge in [-0.25, -0.2) is 4.98 Å². The second-order valence-corrected chi connectivity index (χ2v) is 17.6. The molecule has 0 aliphatic heterocycles. The summed E-state index contributed by atoms with van der Waals surface area (Å²) in [5.41, 5.74) is 19.9. The highest BCUT2D eigenvalue weighted by atomic mass is 15.3. The van der Waals surface area contributed by atoms with Crippen LogP contribution in [0, 0.1) is 41.5 Å². The van der Waals surface area contributed by atoms with E-state index < -0.39 is 0 Å². The molecule has 320 valence electrons. The number of aryl methyl sites for hydroxylation is 6. The van der Waals surface area contributed by atoms with Gasteiger partial charge in [-0.2, -0.15) is 9.97 Å². The van der Waals surface area contributed by atoms with E-state index in [1.54, 1.807) is 0 Å². The van der Waals surface area contributed by atoms with E-state index in [0.29, 0.717) is 17.6 Å². The van der Waals surface area contributed by atoms with Gasteiger partial charge in [0.15, 0.2) is 11.6 Å². The van der Waals surface area contributed by atoms with Gasteiger partial charge in [0.05, 0.1) is 11.4 Å². The smallest absolute Gasteiger partial charge is 0.238 e. The highest BCUT2D eigenvalue weighted by Crippen LogP contribution is 2.47. The lowest BCUT2D eigenvalue weighted by molar-refractivity contribution is 0.927. The summed E-state index contributed by atoms with van der Waals surface area (Å²) in [4.78, 5) is 18.2. The molecule has 10 rings (SSSR count). The molecule has 9 aromatic carbocycles. The summed E-state index contributed by atoms with van der Waals surface area (Å²) in [5.74, 6) is 1.71. The van der Waals surface area contributed by atoms with Crippen LogP contribution in [0.2, 0.25) is 0 Å². The maximum atomic E-state index is 5.41. The van der Waals surface area contributed by atoms with Gasteiger partial charge in [0, 0.05) is 22.4 Å². The molecule has 0 aliphatic carbocycles. The fourth-order valence-corrected chi connectivity index (χ4v) is 10.1. The number of hydrogen-bond acceptors (Lipinski definition) is 4. The molecule has 0 radical (unpaired) electrons. The Labute approximate surface area is 389 Å². The molecular formula is C62H52N4. The minimum Gasteiger partial charge on any atom is -0.278 e. The average Bonchev–Trinajstić information content (AvgIpc) is 3.34. The van der Waals surface area contributed by atoms with Crippen LogP contribution in [0.1, 0.15) is 56.0 Å². The Balaban J connectivity index is 1.30. The summed E-state index contributed by atoms with van der Waals surface area (Å²) in [6.07, 6.45) is 0. The molecule has 0 amide bonds. The molecule has 1 heterocycles. The van der Waals surface area contributed by atoms with Gasteiger partial charge in [0.1, 0.15) is 0 Å². The number of anilines is 3. The highest BCUT2D eigenvalue weighted by Gasteiger charge is 2.29. The van der Waals surface area contributed by atoms with E-state index in [1.807, 2.05) is 36.4 Å². The summed E-state index contributed by atoms with van der Waals surface area (Å²) in [5, 5.41) is 2.27. The molecule has 4 heteroatoms. The first-order valence-corrected chi connectivity index (χ1v) is 22.8. The maximum Gasteiger partial charge on any atom is 0.238 e. The van der Waals surface area contributed by atoms with Crippen molar-refractivity contribution in [1.29, 1.82) is 0 Å². The Morgan fingerprint density at radius 2 is 0.742 bits per heavy atom. The van der Waals surface area contributed by atoms with Gasteiger partial charge in [-0.3, -0.25) is 4.90 Å². The van der Waals surface area contributed by atoms with Crippen LogP contribution in [0.15, 0.2) is 200 Å². The Hall–Kier alpha value is -7.95. The van der Waals surface area contributed by atoms with Crippen molar-refractivity contribution in [2.75, 3.05) is 4.90 Å². The van der Waals surface area contributed by atoms with Crippen LogP contribution < -0.4 is 4.90 Å². The van der Waals surface area contributed by atoms with Crippen molar-refractivity contribution in [3.63, 3.8) is 0 Å². The van der Waals surface area contributed by atoms with Crippen molar-refractivity contribution >= 4 is 28.1 Å². The third-order valence-electron chi connectivity index (χ3n) is 12.8. The summed E-state index contributed by atoms with van der Waals surface area (Å²) in [7, 11) is 0. The largest absolute Gasteiger partial charge is 0.278 e. The van der Waals surface area contributed by atoms with Crippen molar-refractivity contribution in [2.45, 2.75) is 47.5 Å². The molecule has 10 aromatic rings. The van der Waals surface area contributed by atoms with Crippen molar-refractivity contribution in [3.8, 4) is 45.0 Å². The zero-order chi connectivity index (χ0) is 45.3. The quantitative estimate of drug-likeness (QED) is 0.129. The number of benzene rings is 9. The minimum atomic E-state index is -0.0174. The Bertz CT molecular complexity index is 3020. The number of hydrogen-bond donors (Lipinski definition) is 0. The van der Waals surface area contributed by atoms with Crippen LogP contribution in [0.5, 0.6) is 0 Å². The monoisotopic (exact) mass is 852 g/mol. The van der Waals surface area contributed by atoms with E-state index in [4.69, 9.17) is 15.0 Å². The molecule has 0 unspecified atom stereocenters. The van der Waals surface area contributed by atoms with Gasteiger partial charge in [-0.1, -0.05) is 187 Å². The molecule has 0 N–H and O–H groups in total. The lowest BCUT2D eigenvalue weighted by Crippen LogP contribution is -2.17. The number of aromatic nitrogens is 3. The predicted molar refractivity (Wildman–Crippen MR) is 276 cm³/mol. The van der Waals surface area contributed by atoms with Crippen molar-refractivity contribution < 1.29 is 0 Å². The lowest BCUT2D eigenvalue weighted by Gasteiger charge is -2.30. The van der Waals surface area contributed by atoms with Crippen LogP contribution in [-0.2, 0) is 0 Å². The van der Waals surface area contributed by atoms with Gasteiger partial charge in [-0.15, -0.1) is 0 Å². The normalized spacial score (nSPS) is 11.3. The molecule has 0 atom stereocenters. The molecule has 1 aromatic heterocycles. The van der Waals surface area contributed by atoms with Crippen LogP contribution in [0.3, 0.4) is 0 Å². The second kappa shape index (κ2) is 17.9. The molecule has 0 fully saturated rings. The maximum absolute atomic E-state index is 5.41. The molecule has 0 spiro atoms. The van der Waals surface area contributed by atoms with Gasteiger partial charge in [0.2, 0.25) is 5.95 Å². The fourth-order valence-electron chi connectivity index (χ4n) is 10.1. The van der Waals surface area contributed by atoms with Gasteiger partial charge >= 0.3 is 0 Å². The third-order valence-corrected chi connectivity index (χ3v) is 12.8. The molecule has 66 heavy (non-hydrogen) atoms. The average molecular weight is 853 g/mol. The van der Waals surface area contributed by atoms with Gasteiger partial charge in [0.25, 0.3) is 0 Å². The van der Waals surface area contributed by atoms with E-state index in [9.17, 15) is 0 Å². The summed E-state index contributed by atoms with van der Waals surface area (Å²) >= 11 is 0. The first-order valence-electron chi connectivity index (χ1n) is 22.8. The molecular weight excluding hydrogens is 801 g/mol. The van der Waals surface area contributed by atoms with Gasteiger partial charge in [-0.05, 0) is 132 Å². The molecule has 4 nitrogen and oxygen atoms in total. The summed E-state index contributed by atoms with van der Waals surface area (Å²) in [6, 6.07) is 71.4. The topological polar surface area (TPSA) is 41.9 Å². The highest BCUT2D eigenvalue weighted by molar-refractivity contribution is 6.01. The summed E-state index contributed by atoms with van der Waals surface area (Å²) in [6.45, 7) is 13.5. The lowest BCUT2D eigenvalue weighted by atomic mass is 9.75. The van der Waals surface area contributed by atoms with E-state index in [0.717, 1.165) is 50.1 Å². The molecule has 0 aliphatic rings. The van der Waals surface area contributed by atoms with Crippen LogP contribution in [0.4, 0.5) is 17.3 Å². The van der Waals surface area contributed by atoms with E-state index in [2.05, 4.69) is 210 Å². The third kappa shape index (κ3) is 8.19. The van der Waals surface area contributed by atoms with Crippen molar-refractivity contribution in [3.05, 3.63) is 250 Å². The Kier molecular flexibility index (Phi) is 11.4. The minimum absolute atomic E-state index is 0.0174. The predicted octanol–water partition coefficient (Wildman–Crippen LogP) is 16.2. The first kappa shape index (κ1) is 42.0. The van der Waals surface area contributed by atoms with E-state index in [1.165, 1.54) is 55.5 Å². The van der Waals surface area contributed by atoms with Crippen LogP contribution in [0.25, 0.3) is 55.8 Å². The zero-order valence-electron chi connectivity index (χ0n) is 38.4.